The summed E-state index contributed by atoms with van der Waals surface area (Å²) in [6.07, 6.45) is -0.818. The molecule has 0 saturated carbocycles. The van der Waals surface area contributed by atoms with Crippen LogP contribution in [0.4, 0.5) is 11.4 Å². The van der Waals surface area contributed by atoms with Crippen molar-refractivity contribution >= 4 is 29.1 Å². The molecule has 0 aromatic heterocycles. The number of hydrogen-bond acceptors (Lipinski definition) is 6. The van der Waals surface area contributed by atoms with Gasteiger partial charge in [0.25, 0.3) is 23.4 Å². The summed E-state index contributed by atoms with van der Waals surface area (Å²) < 4.78 is 5.75. The van der Waals surface area contributed by atoms with Crippen LogP contribution in [-0.2, 0) is 4.79 Å². The summed E-state index contributed by atoms with van der Waals surface area (Å²) in [5, 5.41) is 11.1. The number of benzene rings is 2. The highest BCUT2D eigenvalue weighted by molar-refractivity contribution is 6.21. The summed E-state index contributed by atoms with van der Waals surface area (Å²) in [5.74, 6) is -1.07. The Bertz CT molecular complexity index is 1050. The van der Waals surface area contributed by atoms with Gasteiger partial charge in [0, 0.05) is 19.2 Å². The highest BCUT2D eigenvalue weighted by Gasteiger charge is 2.39. The average molecular weight is 409 g/mol. The molecule has 9 nitrogen and oxygen atoms in total. The maximum Gasteiger partial charge on any atom is 0.273 e. The van der Waals surface area contributed by atoms with Crippen molar-refractivity contribution in [2.24, 2.45) is 5.92 Å². The monoisotopic (exact) mass is 409 g/mol. The van der Waals surface area contributed by atoms with Crippen molar-refractivity contribution in [3.63, 3.8) is 0 Å². The van der Waals surface area contributed by atoms with Crippen molar-refractivity contribution in [1.82, 2.24) is 4.90 Å². The fourth-order valence-electron chi connectivity index (χ4n) is 3.69. The van der Waals surface area contributed by atoms with E-state index in [-0.39, 0.29) is 36.4 Å². The van der Waals surface area contributed by atoms with Gasteiger partial charge < -0.3 is 9.64 Å². The van der Waals surface area contributed by atoms with E-state index in [9.17, 15) is 24.5 Å². The molecule has 3 amide bonds. The predicted octanol–water partition coefficient (Wildman–Crippen LogP) is 2.64. The molecule has 4 rings (SSSR count). The Hall–Kier alpha value is -3.75. The van der Waals surface area contributed by atoms with E-state index in [1.807, 2.05) is 13.8 Å². The van der Waals surface area contributed by atoms with Crippen molar-refractivity contribution in [3.8, 4) is 5.75 Å². The van der Waals surface area contributed by atoms with E-state index in [0.717, 1.165) is 4.90 Å². The summed E-state index contributed by atoms with van der Waals surface area (Å²) in [6.45, 7) is 3.68. The third kappa shape index (κ3) is 3.08. The van der Waals surface area contributed by atoms with Gasteiger partial charge in [0.1, 0.15) is 0 Å². The Morgan fingerprint density at radius 2 is 1.60 bits per heavy atom. The molecule has 2 aromatic carbocycles. The smallest absolute Gasteiger partial charge is 0.273 e. The summed E-state index contributed by atoms with van der Waals surface area (Å²) in [5.41, 5.74) is 0.906. The van der Waals surface area contributed by atoms with Gasteiger partial charge in [0.05, 0.1) is 27.8 Å². The van der Waals surface area contributed by atoms with Crippen LogP contribution in [0, 0.1) is 16.0 Å². The number of amides is 3. The Balaban J connectivity index is 1.62. The molecule has 1 unspecified atom stereocenters. The van der Waals surface area contributed by atoms with Gasteiger partial charge in [-0.25, -0.2) is 0 Å². The fraction of sp³-hybridized carbons (Fsp3) is 0.286. The van der Waals surface area contributed by atoms with Crippen molar-refractivity contribution in [2.45, 2.75) is 20.0 Å². The minimum Gasteiger partial charge on any atom is -0.478 e. The highest BCUT2D eigenvalue weighted by Crippen LogP contribution is 2.38. The van der Waals surface area contributed by atoms with E-state index in [1.165, 1.54) is 23.1 Å². The Labute approximate surface area is 172 Å². The number of imide groups is 1. The number of nitro benzene ring substituents is 1. The van der Waals surface area contributed by atoms with E-state index in [0.29, 0.717) is 16.8 Å². The molecular weight excluding hydrogens is 390 g/mol. The first kappa shape index (κ1) is 19.6. The fourth-order valence-corrected chi connectivity index (χ4v) is 3.69. The second-order valence-electron chi connectivity index (χ2n) is 7.49. The molecule has 2 aliphatic heterocycles. The number of hydrogen-bond donors (Lipinski definition) is 0. The van der Waals surface area contributed by atoms with Gasteiger partial charge in [-0.3, -0.25) is 29.4 Å². The number of ether oxygens (including phenoxy) is 1. The molecule has 0 radical (unpaired) electrons. The van der Waals surface area contributed by atoms with Crippen LogP contribution in [-0.4, -0.2) is 46.7 Å². The van der Waals surface area contributed by atoms with Gasteiger partial charge in [0.2, 0.25) is 0 Å². The van der Waals surface area contributed by atoms with E-state index in [4.69, 9.17) is 4.74 Å². The summed E-state index contributed by atoms with van der Waals surface area (Å²) in [6, 6.07) is 10.6. The first-order valence-corrected chi connectivity index (χ1v) is 9.51. The summed E-state index contributed by atoms with van der Waals surface area (Å²) >= 11 is 0. The van der Waals surface area contributed by atoms with Gasteiger partial charge in [-0.2, -0.15) is 0 Å². The highest BCUT2D eigenvalue weighted by atomic mass is 16.6. The molecule has 0 saturated heterocycles. The van der Waals surface area contributed by atoms with Crippen molar-refractivity contribution in [2.75, 3.05) is 18.0 Å². The number of carbonyl (C=O) groups excluding carboxylic acids is 3. The van der Waals surface area contributed by atoms with Crippen molar-refractivity contribution in [3.05, 3.63) is 63.7 Å². The normalized spacial score (nSPS) is 17.8. The van der Waals surface area contributed by atoms with Crippen LogP contribution in [0.15, 0.2) is 42.5 Å². The van der Waals surface area contributed by atoms with Crippen molar-refractivity contribution < 1.29 is 24.0 Å². The largest absolute Gasteiger partial charge is 0.478 e. The van der Waals surface area contributed by atoms with Crippen LogP contribution in [0.5, 0.6) is 5.75 Å². The van der Waals surface area contributed by atoms with E-state index in [2.05, 4.69) is 0 Å². The second-order valence-corrected chi connectivity index (χ2v) is 7.49. The molecule has 30 heavy (non-hydrogen) atoms. The second kappa shape index (κ2) is 7.25. The van der Waals surface area contributed by atoms with Gasteiger partial charge in [-0.15, -0.1) is 0 Å². The Kier molecular flexibility index (Phi) is 4.73. The zero-order chi connectivity index (χ0) is 21.6. The number of nitrogens with zero attached hydrogens (tertiary/aromatic N) is 3. The third-order valence-electron chi connectivity index (χ3n) is 5.24. The topological polar surface area (TPSA) is 110 Å². The zero-order valence-corrected chi connectivity index (χ0v) is 16.4. The number of fused-ring (bicyclic) bond motifs is 2. The van der Waals surface area contributed by atoms with Gasteiger partial charge in [-0.05, 0) is 24.1 Å². The SMILES string of the molecule is CC(C)C1Oc2cc([N+](=O)[O-])ccc2N(CCN2C(=O)c3ccccc3C2=O)C1=O. The molecule has 154 valence electrons. The zero-order valence-electron chi connectivity index (χ0n) is 16.4. The molecule has 0 aliphatic carbocycles. The average Bonchev–Trinajstić information content (AvgIpc) is 2.97. The first-order valence-electron chi connectivity index (χ1n) is 9.51. The summed E-state index contributed by atoms with van der Waals surface area (Å²) in [7, 11) is 0. The molecular formula is C21H19N3O6. The van der Waals surface area contributed by atoms with Crippen LogP contribution in [0.2, 0.25) is 0 Å². The number of nitro groups is 1. The van der Waals surface area contributed by atoms with Crippen LogP contribution in [0.1, 0.15) is 34.6 Å². The molecule has 0 fully saturated rings. The van der Waals surface area contributed by atoms with E-state index >= 15 is 0 Å². The van der Waals surface area contributed by atoms with Crippen LogP contribution in [0.25, 0.3) is 0 Å². The first-order chi connectivity index (χ1) is 14.3. The standard InChI is InChI=1S/C21H19N3O6/c1-12(2)18-21(27)22(16-8-7-13(24(28)29)11-17(16)30-18)9-10-23-19(25)14-5-3-4-6-15(14)20(23)26/h3-8,11-12,18H,9-10H2,1-2H3. The maximum atomic E-state index is 13.0. The van der Waals surface area contributed by atoms with Crippen LogP contribution < -0.4 is 9.64 Å². The molecule has 2 heterocycles. The molecule has 0 bridgehead atoms. The summed E-state index contributed by atoms with van der Waals surface area (Å²) in [4.78, 5) is 51.3. The molecule has 1 atom stereocenters. The molecule has 2 aliphatic rings. The Morgan fingerprint density at radius 3 is 2.17 bits per heavy atom. The lowest BCUT2D eigenvalue weighted by atomic mass is 10.0. The van der Waals surface area contributed by atoms with Gasteiger partial charge in [-0.1, -0.05) is 26.0 Å². The maximum absolute atomic E-state index is 13.0. The van der Waals surface area contributed by atoms with Crippen LogP contribution in [0.3, 0.4) is 0 Å². The number of rotatable bonds is 5. The molecule has 9 heteroatoms. The van der Waals surface area contributed by atoms with Crippen LogP contribution >= 0.6 is 0 Å². The van der Waals surface area contributed by atoms with Gasteiger partial charge >= 0.3 is 0 Å². The third-order valence-corrected chi connectivity index (χ3v) is 5.24. The predicted molar refractivity (Wildman–Crippen MR) is 107 cm³/mol. The lowest BCUT2D eigenvalue weighted by Crippen LogP contribution is -2.51. The van der Waals surface area contributed by atoms with Crippen molar-refractivity contribution in [1.29, 1.82) is 0 Å². The quantitative estimate of drug-likeness (QED) is 0.427. The molecule has 2 aromatic rings. The lowest BCUT2D eigenvalue weighted by Gasteiger charge is -2.36. The number of non-ortho nitro benzene ring substituents is 1. The van der Waals surface area contributed by atoms with Gasteiger partial charge in [0.15, 0.2) is 11.9 Å². The molecule has 0 spiro atoms. The minimum absolute atomic E-state index is 0.000665. The lowest BCUT2D eigenvalue weighted by molar-refractivity contribution is -0.384. The Morgan fingerprint density at radius 1 is 1.00 bits per heavy atom. The number of carbonyl (C=O) groups is 3. The van der Waals surface area contributed by atoms with E-state index < -0.39 is 22.8 Å². The van der Waals surface area contributed by atoms with E-state index in [1.54, 1.807) is 24.3 Å². The number of anilines is 1. The molecule has 0 N–H and O–H groups in total. The minimum atomic E-state index is -0.818.